The van der Waals surface area contributed by atoms with Crippen molar-refractivity contribution in [2.75, 3.05) is 38.3 Å². The fraction of sp³-hybridized carbons (Fsp3) is 0.381. The molecule has 9 nitrogen and oxygen atoms in total. The van der Waals surface area contributed by atoms with Gasteiger partial charge in [-0.05, 0) is 43.0 Å². The molecule has 1 unspecified atom stereocenters. The predicted molar refractivity (Wildman–Crippen MR) is 125 cm³/mol. The molecule has 1 aliphatic rings. The van der Waals surface area contributed by atoms with Crippen LogP contribution in [-0.2, 0) is 10.0 Å². The number of fused-ring (bicyclic) bond motifs is 1. The van der Waals surface area contributed by atoms with Crippen LogP contribution in [0.2, 0.25) is 0 Å². The minimum Gasteiger partial charge on any atom is -0.455 e. The Balaban J connectivity index is 1.44. The van der Waals surface area contributed by atoms with E-state index in [2.05, 4.69) is 20.6 Å². The van der Waals surface area contributed by atoms with Gasteiger partial charge < -0.3 is 15.4 Å². The largest absolute Gasteiger partial charge is 0.455 e. The van der Waals surface area contributed by atoms with E-state index in [0.717, 1.165) is 28.2 Å². The average Bonchev–Trinajstić information content (AvgIpc) is 3.19. The fourth-order valence-electron chi connectivity index (χ4n) is 3.66. The minimum atomic E-state index is -3.15. The standard InChI is InChI=1S/C21H25N5O4S2/c1-22-20(27)19-17(6-3-9-23-19)30-15-7-8-16-18(11-15)31-21(25-16)24-12-14-5-4-10-26(13-14)32(2,28)29/h3,6-9,11,14H,4-5,10,12-13H2,1-2H3,(H,22,27)(H,24,25). The summed E-state index contributed by atoms with van der Waals surface area (Å²) in [6.07, 6.45) is 4.66. The van der Waals surface area contributed by atoms with Crippen LogP contribution in [-0.4, -0.2) is 61.5 Å². The van der Waals surface area contributed by atoms with E-state index in [4.69, 9.17) is 4.74 Å². The van der Waals surface area contributed by atoms with Crippen molar-refractivity contribution in [2.24, 2.45) is 5.92 Å². The zero-order chi connectivity index (χ0) is 22.7. The molecule has 2 N–H and O–H groups in total. The lowest BCUT2D eigenvalue weighted by atomic mass is 10.00. The lowest BCUT2D eigenvalue weighted by molar-refractivity contribution is 0.0955. The highest BCUT2D eigenvalue weighted by molar-refractivity contribution is 7.88. The Hall–Kier alpha value is -2.76. The van der Waals surface area contributed by atoms with Crippen LogP contribution in [0.4, 0.5) is 5.13 Å². The maximum absolute atomic E-state index is 12.0. The number of pyridine rings is 1. The van der Waals surface area contributed by atoms with Crippen molar-refractivity contribution in [3.05, 3.63) is 42.2 Å². The monoisotopic (exact) mass is 475 g/mol. The van der Waals surface area contributed by atoms with Crippen molar-refractivity contribution in [3.8, 4) is 11.5 Å². The third kappa shape index (κ3) is 5.17. The van der Waals surface area contributed by atoms with Crippen molar-refractivity contribution in [2.45, 2.75) is 12.8 Å². The lowest BCUT2D eigenvalue weighted by Gasteiger charge is -2.30. The number of ether oxygens (including phenoxy) is 1. The summed E-state index contributed by atoms with van der Waals surface area (Å²) in [6, 6.07) is 8.97. The molecule has 1 amide bonds. The van der Waals surface area contributed by atoms with Gasteiger partial charge >= 0.3 is 0 Å². The molecule has 32 heavy (non-hydrogen) atoms. The van der Waals surface area contributed by atoms with Gasteiger partial charge in [0.25, 0.3) is 5.91 Å². The number of carbonyl (C=O) groups is 1. The maximum atomic E-state index is 12.0. The van der Waals surface area contributed by atoms with Crippen LogP contribution in [0.25, 0.3) is 10.2 Å². The number of sulfonamides is 1. The van der Waals surface area contributed by atoms with E-state index in [1.807, 2.05) is 12.1 Å². The maximum Gasteiger partial charge on any atom is 0.273 e. The van der Waals surface area contributed by atoms with Gasteiger partial charge in [-0.15, -0.1) is 0 Å². The van der Waals surface area contributed by atoms with Crippen LogP contribution in [0.3, 0.4) is 0 Å². The van der Waals surface area contributed by atoms with Crippen molar-refractivity contribution in [3.63, 3.8) is 0 Å². The molecule has 0 bridgehead atoms. The first kappa shape index (κ1) is 22.4. The minimum absolute atomic E-state index is 0.220. The number of carbonyl (C=O) groups excluding carboxylic acids is 1. The molecule has 0 saturated carbocycles. The molecule has 1 atom stereocenters. The Morgan fingerprint density at radius 2 is 2.19 bits per heavy atom. The summed E-state index contributed by atoms with van der Waals surface area (Å²) in [4.78, 5) is 20.7. The molecular formula is C21H25N5O4S2. The number of hydrogen-bond donors (Lipinski definition) is 2. The van der Waals surface area contributed by atoms with Gasteiger partial charge in [0.15, 0.2) is 16.6 Å². The van der Waals surface area contributed by atoms with Crippen molar-refractivity contribution >= 4 is 42.6 Å². The second-order valence-corrected chi connectivity index (χ2v) is 10.7. The number of hydrogen-bond acceptors (Lipinski definition) is 8. The smallest absolute Gasteiger partial charge is 0.273 e. The highest BCUT2D eigenvalue weighted by Gasteiger charge is 2.25. The Labute approximate surface area is 190 Å². The Bertz CT molecular complexity index is 1230. The number of anilines is 1. The van der Waals surface area contributed by atoms with Crippen molar-refractivity contribution < 1.29 is 17.9 Å². The molecule has 0 radical (unpaired) electrons. The van der Waals surface area contributed by atoms with E-state index >= 15 is 0 Å². The van der Waals surface area contributed by atoms with E-state index in [9.17, 15) is 13.2 Å². The van der Waals surface area contributed by atoms with Crippen LogP contribution in [0.15, 0.2) is 36.5 Å². The molecule has 2 aromatic heterocycles. The summed E-state index contributed by atoms with van der Waals surface area (Å²) < 4.78 is 32.1. The summed E-state index contributed by atoms with van der Waals surface area (Å²) in [7, 11) is -1.61. The summed E-state index contributed by atoms with van der Waals surface area (Å²) in [5.74, 6) is 0.893. The number of aromatic nitrogens is 2. The third-order valence-electron chi connectivity index (χ3n) is 5.29. The fourth-order valence-corrected chi connectivity index (χ4v) is 5.50. The summed E-state index contributed by atoms with van der Waals surface area (Å²) in [5.41, 5.74) is 1.06. The van der Waals surface area contributed by atoms with Crippen LogP contribution >= 0.6 is 11.3 Å². The second-order valence-electron chi connectivity index (χ2n) is 7.69. The lowest BCUT2D eigenvalue weighted by Crippen LogP contribution is -2.41. The zero-order valence-corrected chi connectivity index (χ0v) is 19.5. The summed E-state index contributed by atoms with van der Waals surface area (Å²) in [6.45, 7) is 1.80. The van der Waals surface area contributed by atoms with Crippen LogP contribution in [0.5, 0.6) is 11.5 Å². The van der Waals surface area contributed by atoms with Gasteiger partial charge in [-0.25, -0.2) is 22.7 Å². The van der Waals surface area contributed by atoms with E-state index in [1.54, 1.807) is 35.7 Å². The van der Waals surface area contributed by atoms with Gasteiger partial charge in [0.05, 0.1) is 16.5 Å². The number of rotatable bonds is 7. The van der Waals surface area contributed by atoms with Gasteiger partial charge in [-0.1, -0.05) is 11.3 Å². The van der Waals surface area contributed by atoms with E-state index in [1.165, 1.54) is 17.6 Å². The highest BCUT2D eigenvalue weighted by Crippen LogP contribution is 2.32. The molecule has 4 rings (SSSR count). The van der Waals surface area contributed by atoms with E-state index in [0.29, 0.717) is 31.1 Å². The van der Waals surface area contributed by atoms with Crippen LogP contribution in [0.1, 0.15) is 23.3 Å². The van der Waals surface area contributed by atoms with Crippen LogP contribution in [0, 0.1) is 5.92 Å². The number of thiazole rings is 1. The first-order valence-electron chi connectivity index (χ1n) is 10.3. The first-order valence-corrected chi connectivity index (χ1v) is 12.9. The molecule has 1 aliphatic heterocycles. The molecule has 3 heterocycles. The quantitative estimate of drug-likeness (QED) is 0.540. The number of nitrogens with zero attached hydrogens (tertiary/aromatic N) is 3. The van der Waals surface area contributed by atoms with E-state index < -0.39 is 10.0 Å². The number of piperidine rings is 1. The average molecular weight is 476 g/mol. The van der Waals surface area contributed by atoms with Gasteiger partial charge in [0.2, 0.25) is 10.0 Å². The summed E-state index contributed by atoms with van der Waals surface area (Å²) >= 11 is 1.50. The molecule has 1 aromatic carbocycles. The molecule has 0 spiro atoms. The second kappa shape index (κ2) is 9.39. The summed E-state index contributed by atoms with van der Waals surface area (Å²) in [5, 5.41) is 6.70. The van der Waals surface area contributed by atoms with E-state index in [-0.39, 0.29) is 17.5 Å². The molecule has 170 valence electrons. The SMILES string of the molecule is CNC(=O)c1ncccc1Oc1ccc2nc(NCC3CCCN(S(C)(=O)=O)C3)sc2c1. The normalized spacial score (nSPS) is 17.2. The first-order chi connectivity index (χ1) is 15.3. The molecule has 11 heteroatoms. The highest BCUT2D eigenvalue weighted by atomic mass is 32.2. The van der Waals surface area contributed by atoms with Crippen molar-refractivity contribution in [1.29, 1.82) is 0 Å². The molecule has 3 aromatic rings. The van der Waals surface area contributed by atoms with Gasteiger partial charge in [-0.3, -0.25) is 4.79 Å². The van der Waals surface area contributed by atoms with Gasteiger partial charge in [-0.2, -0.15) is 0 Å². The third-order valence-corrected chi connectivity index (χ3v) is 7.54. The van der Waals surface area contributed by atoms with Gasteiger partial charge in [0, 0.05) is 38.9 Å². The Kier molecular flexibility index (Phi) is 6.58. The Morgan fingerprint density at radius 1 is 1.34 bits per heavy atom. The Morgan fingerprint density at radius 3 is 2.97 bits per heavy atom. The topological polar surface area (TPSA) is 114 Å². The predicted octanol–water partition coefficient (Wildman–Crippen LogP) is 2.93. The number of nitrogens with one attached hydrogen (secondary N) is 2. The number of amides is 1. The van der Waals surface area contributed by atoms with Crippen LogP contribution < -0.4 is 15.4 Å². The molecule has 0 aliphatic carbocycles. The van der Waals surface area contributed by atoms with Gasteiger partial charge in [0.1, 0.15) is 5.75 Å². The van der Waals surface area contributed by atoms with Crippen molar-refractivity contribution in [1.82, 2.24) is 19.6 Å². The molecular weight excluding hydrogens is 450 g/mol. The molecule has 1 saturated heterocycles. The number of benzene rings is 1. The zero-order valence-electron chi connectivity index (χ0n) is 17.9. The molecule has 1 fully saturated rings.